The molecule has 0 radical (unpaired) electrons. The Morgan fingerprint density at radius 1 is 0.724 bits per heavy atom. The molecule has 0 bridgehead atoms. The number of thiocarbonyl (C=S) groups is 2. The minimum absolute atomic E-state index is 0.301. The molecule has 152 valence electrons. The van der Waals surface area contributed by atoms with Gasteiger partial charge in [-0.05, 0) is 11.1 Å². The van der Waals surface area contributed by atoms with Crippen molar-refractivity contribution >= 4 is 46.0 Å². The number of hydrazine groups is 2. The van der Waals surface area contributed by atoms with E-state index < -0.39 is 11.8 Å². The summed E-state index contributed by atoms with van der Waals surface area (Å²) in [7, 11) is 3.41. The number of likely N-dealkylation sites (N-methyl/N-ethyl adjacent to an activating group) is 2. The molecule has 2 N–H and O–H groups in total. The molecule has 6 nitrogen and oxygen atoms in total. The maximum Gasteiger partial charge on any atom is 0.243 e. The van der Waals surface area contributed by atoms with E-state index in [1.807, 2.05) is 60.7 Å². The highest BCUT2D eigenvalue weighted by atomic mass is 32.1. The Morgan fingerprint density at radius 2 is 1.07 bits per heavy atom. The molecular formula is C21H24N4O2S2. The van der Waals surface area contributed by atoms with Crippen LogP contribution in [0.15, 0.2) is 60.7 Å². The molecule has 0 fully saturated rings. The van der Waals surface area contributed by atoms with Crippen LogP contribution in [0.1, 0.15) is 17.5 Å². The van der Waals surface area contributed by atoms with Crippen LogP contribution in [-0.4, -0.2) is 58.7 Å². The third-order valence-corrected chi connectivity index (χ3v) is 4.63. The van der Waals surface area contributed by atoms with E-state index in [9.17, 15) is 9.59 Å². The topological polar surface area (TPSA) is 64.7 Å². The van der Waals surface area contributed by atoms with Gasteiger partial charge >= 0.3 is 0 Å². The third-order valence-electron chi connectivity index (χ3n) is 3.91. The summed E-state index contributed by atoms with van der Waals surface area (Å²) in [6.07, 6.45) is -0.301. The fraction of sp³-hybridized carbons (Fsp3) is 0.238. The maximum atomic E-state index is 12.1. The second-order valence-corrected chi connectivity index (χ2v) is 7.52. The summed E-state index contributed by atoms with van der Waals surface area (Å²) in [5.41, 5.74) is 7.16. The highest BCUT2D eigenvalue weighted by molar-refractivity contribution is 7.81. The van der Waals surface area contributed by atoms with Crippen molar-refractivity contribution in [3.63, 3.8) is 0 Å². The van der Waals surface area contributed by atoms with Gasteiger partial charge in [-0.1, -0.05) is 85.1 Å². The van der Waals surface area contributed by atoms with Crippen LogP contribution in [0.2, 0.25) is 0 Å². The second kappa shape index (κ2) is 11.5. The molecule has 0 aliphatic rings. The van der Waals surface area contributed by atoms with Crippen LogP contribution in [0.3, 0.4) is 0 Å². The summed E-state index contributed by atoms with van der Waals surface area (Å²) in [5, 5.41) is 3.14. The number of carbonyl (C=O) groups excluding carboxylic acids is 2. The van der Waals surface area contributed by atoms with Gasteiger partial charge in [-0.15, -0.1) is 0 Å². The molecular weight excluding hydrogens is 404 g/mol. The molecule has 0 heterocycles. The van der Waals surface area contributed by atoms with Crippen molar-refractivity contribution in [2.24, 2.45) is 0 Å². The van der Waals surface area contributed by atoms with Crippen molar-refractivity contribution < 1.29 is 9.59 Å². The van der Waals surface area contributed by atoms with Crippen molar-refractivity contribution in [2.45, 2.75) is 6.42 Å². The molecule has 2 rings (SSSR count). The van der Waals surface area contributed by atoms with Gasteiger partial charge in [0.25, 0.3) is 0 Å². The van der Waals surface area contributed by atoms with E-state index >= 15 is 0 Å². The molecule has 2 amide bonds. The summed E-state index contributed by atoms with van der Waals surface area (Å²) in [6, 6.07) is 19.1. The van der Waals surface area contributed by atoms with Gasteiger partial charge in [-0.25, -0.2) is 10.0 Å². The zero-order valence-electron chi connectivity index (χ0n) is 16.4. The molecule has 0 aromatic heterocycles. The highest BCUT2D eigenvalue weighted by Gasteiger charge is 2.14. The van der Waals surface area contributed by atoms with Crippen LogP contribution in [0, 0.1) is 0 Å². The largest absolute Gasteiger partial charge is 0.288 e. The summed E-state index contributed by atoms with van der Waals surface area (Å²) in [6.45, 7) is 0.746. The first-order chi connectivity index (χ1) is 13.8. The Morgan fingerprint density at radius 3 is 1.41 bits per heavy atom. The van der Waals surface area contributed by atoms with Gasteiger partial charge in [0, 0.05) is 23.8 Å². The van der Waals surface area contributed by atoms with Gasteiger partial charge < -0.3 is 0 Å². The first-order valence-electron chi connectivity index (χ1n) is 9.03. The lowest BCUT2D eigenvalue weighted by Crippen LogP contribution is -2.46. The van der Waals surface area contributed by atoms with Gasteiger partial charge in [-0.3, -0.25) is 20.4 Å². The van der Waals surface area contributed by atoms with Gasteiger partial charge in [0.2, 0.25) is 11.8 Å². The number of rotatable bonds is 10. The fourth-order valence-electron chi connectivity index (χ4n) is 2.59. The average molecular weight is 429 g/mol. The van der Waals surface area contributed by atoms with Crippen LogP contribution >= 0.6 is 24.4 Å². The van der Waals surface area contributed by atoms with E-state index in [2.05, 4.69) is 10.9 Å². The highest BCUT2D eigenvalue weighted by Crippen LogP contribution is 2.03. The van der Waals surface area contributed by atoms with E-state index in [1.165, 1.54) is 0 Å². The van der Waals surface area contributed by atoms with Crippen molar-refractivity contribution in [3.05, 3.63) is 71.8 Å². The monoisotopic (exact) mass is 428 g/mol. The number of amides is 2. The van der Waals surface area contributed by atoms with Crippen LogP contribution in [0.4, 0.5) is 0 Å². The molecule has 8 heteroatoms. The predicted octanol–water partition coefficient (Wildman–Crippen LogP) is 2.14. The van der Waals surface area contributed by atoms with E-state index in [1.54, 1.807) is 24.1 Å². The molecule has 0 unspecified atom stereocenters. The molecule has 0 atom stereocenters. The number of hydrogen-bond donors (Lipinski definition) is 2. The number of carbonyl (C=O) groups is 2. The van der Waals surface area contributed by atoms with Gasteiger partial charge in [-0.2, -0.15) is 0 Å². The summed E-state index contributed by atoms with van der Waals surface area (Å²) >= 11 is 10.8. The zero-order chi connectivity index (χ0) is 21.2. The SMILES string of the molecule is CN(CC(=S)c1ccccc1)NC(=O)CC(=O)NN(C)CC(=S)c1ccccc1. The molecule has 0 saturated heterocycles. The third kappa shape index (κ3) is 8.16. The minimum Gasteiger partial charge on any atom is -0.288 e. The molecule has 29 heavy (non-hydrogen) atoms. The van der Waals surface area contributed by atoms with Crippen LogP contribution in [0.25, 0.3) is 0 Å². The van der Waals surface area contributed by atoms with E-state index in [-0.39, 0.29) is 6.42 Å². The zero-order valence-corrected chi connectivity index (χ0v) is 18.1. The Bertz CT molecular complexity index is 788. The van der Waals surface area contributed by atoms with Crippen LogP contribution in [0.5, 0.6) is 0 Å². The lowest BCUT2D eigenvalue weighted by molar-refractivity contribution is -0.133. The van der Waals surface area contributed by atoms with E-state index in [0.717, 1.165) is 11.1 Å². The summed E-state index contributed by atoms with van der Waals surface area (Å²) in [4.78, 5) is 25.6. The quantitative estimate of drug-likeness (QED) is 0.262. The number of hydrogen-bond acceptors (Lipinski definition) is 6. The van der Waals surface area contributed by atoms with Crippen LogP contribution in [-0.2, 0) is 9.59 Å². The number of nitrogens with one attached hydrogen (secondary N) is 2. The van der Waals surface area contributed by atoms with Crippen LogP contribution < -0.4 is 10.9 Å². The normalized spacial score (nSPS) is 10.6. The van der Waals surface area contributed by atoms with E-state index in [4.69, 9.17) is 24.4 Å². The molecule has 2 aromatic rings. The second-order valence-electron chi connectivity index (χ2n) is 6.54. The van der Waals surface area contributed by atoms with E-state index in [0.29, 0.717) is 22.8 Å². The molecule has 0 aliphatic carbocycles. The fourth-order valence-corrected chi connectivity index (χ4v) is 3.25. The first kappa shape index (κ1) is 22.8. The Kier molecular flexibility index (Phi) is 9.01. The van der Waals surface area contributed by atoms with Crippen molar-refractivity contribution in [2.75, 3.05) is 27.2 Å². The minimum atomic E-state index is -0.417. The lowest BCUT2D eigenvalue weighted by Gasteiger charge is -2.20. The smallest absolute Gasteiger partial charge is 0.243 e. The number of benzene rings is 2. The Hall–Kier alpha value is -2.52. The molecule has 0 aliphatic heterocycles. The van der Waals surface area contributed by atoms with Gasteiger partial charge in [0.05, 0.1) is 13.1 Å². The van der Waals surface area contributed by atoms with Crippen molar-refractivity contribution in [1.82, 2.24) is 20.9 Å². The molecule has 2 aromatic carbocycles. The lowest BCUT2D eigenvalue weighted by atomic mass is 10.1. The van der Waals surface area contributed by atoms with Crippen molar-refractivity contribution in [1.29, 1.82) is 0 Å². The van der Waals surface area contributed by atoms with Gasteiger partial charge in [0.15, 0.2) is 0 Å². The number of nitrogens with zero attached hydrogens (tertiary/aromatic N) is 2. The molecule has 0 saturated carbocycles. The first-order valence-corrected chi connectivity index (χ1v) is 9.84. The average Bonchev–Trinajstić information content (AvgIpc) is 2.68. The summed E-state index contributed by atoms with van der Waals surface area (Å²) < 4.78 is 0. The maximum absolute atomic E-state index is 12.1. The Balaban J connectivity index is 1.73. The predicted molar refractivity (Wildman–Crippen MR) is 122 cm³/mol. The molecule has 0 spiro atoms. The summed E-state index contributed by atoms with van der Waals surface area (Å²) in [5.74, 6) is -0.834. The van der Waals surface area contributed by atoms with Crippen molar-refractivity contribution in [3.8, 4) is 0 Å². The van der Waals surface area contributed by atoms with Gasteiger partial charge in [0.1, 0.15) is 6.42 Å². The Labute approximate surface area is 181 Å². The standard InChI is InChI=1S/C21H24N4O2S2/c1-24(14-18(28)16-9-5-3-6-10-16)22-20(26)13-21(27)23-25(2)15-19(29)17-11-7-4-8-12-17/h3-12H,13-15H2,1-2H3,(H,22,26)(H,23,27).